The lowest BCUT2D eigenvalue weighted by Crippen LogP contribution is -2.38. The molecule has 1 aromatic carbocycles. The van der Waals surface area contributed by atoms with Crippen LogP contribution in [0.1, 0.15) is 34.3 Å². The molecule has 1 spiro atoms. The molecule has 130 valence electrons. The van der Waals surface area contributed by atoms with Crippen molar-refractivity contribution >= 4 is 11.8 Å². The van der Waals surface area contributed by atoms with E-state index in [1.807, 2.05) is 0 Å². The van der Waals surface area contributed by atoms with E-state index >= 15 is 0 Å². The van der Waals surface area contributed by atoms with Gasteiger partial charge in [-0.1, -0.05) is 6.07 Å². The topological polar surface area (TPSA) is 69.6 Å². The quantitative estimate of drug-likeness (QED) is 0.639. The van der Waals surface area contributed by atoms with Crippen molar-refractivity contribution in [2.24, 2.45) is 5.41 Å². The highest BCUT2D eigenvalue weighted by Crippen LogP contribution is 2.44. The fourth-order valence-corrected chi connectivity index (χ4v) is 3.76. The summed E-state index contributed by atoms with van der Waals surface area (Å²) >= 11 is 0. The number of alkyl halides is 3. The maximum Gasteiger partial charge on any atom is 0.406 e. The number of benzene rings is 1. The van der Waals surface area contributed by atoms with Crippen molar-refractivity contribution in [2.75, 3.05) is 13.1 Å². The highest BCUT2D eigenvalue weighted by Gasteiger charge is 2.47. The van der Waals surface area contributed by atoms with Crippen molar-refractivity contribution < 1.29 is 28.0 Å². The number of nitrogens with zero attached hydrogens (tertiary/aromatic N) is 1. The minimum atomic E-state index is -4.39. The largest absolute Gasteiger partial charge is 0.406 e. The molecule has 0 aromatic heterocycles. The molecule has 2 amide bonds. The van der Waals surface area contributed by atoms with Gasteiger partial charge in [0.1, 0.15) is 6.54 Å². The van der Waals surface area contributed by atoms with Crippen molar-refractivity contribution in [1.29, 1.82) is 0 Å². The van der Waals surface area contributed by atoms with Gasteiger partial charge in [0.15, 0.2) is 0 Å². The lowest BCUT2D eigenvalue weighted by Gasteiger charge is -2.34. The van der Waals surface area contributed by atoms with E-state index in [1.165, 1.54) is 0 Å². The second-order valence-electron chi connectivity index (χ2n) is 6.64. The lowest BCUT2D eigenvalue weighted by molar-refractivity contribution is -0.157. The Kier molecular flexibility index (Phi) is 4.03. The first-order valence-electron chi connectivity index (χ1n) is 7.62. The first-order valence-corrected chi connectivity index (χ1v) is 7.62. The van der Waals surface area contributed by atoms with Crippen LogP contribution in [0.3, 0.4) is 0 Å². The SMILES string of the molecule is O=C(NO)c1ccc2c(c1)CC[C@@]1(CC(=O)N(CC(F)(F)F)C1)C2. The summed E-state index contributed by atoms with van der Waals surface area (Å²) in [5, 5.41) is 8.68. The van der Waals surface area contributed by atoms with Crippen LogP contribution in [0, 0.1) is 5.41 Å². The fraction of sp³-hybridized carbons (Fsp3) is 0.500. The van der Waals surface area contributed by atoms with E-state index in [2.05, 4.69) is 0 Å². The number of hydroxylamine groups is 1. The Balaban J connectivity index is 1.78. The summed E-state index contributed by atoms with van der Waals surface area (Å²) in [4.78, 5) is 24.3. The van der Waals surface area contributed by atoms with Crippen LogP contribution in [0.4, 0.5) is 13.2 Å². The molecule has 0 unspecified atom stereocenters. The van der Waals surface area contributed by atoms with Crippen molar-refractivity contribution in [3.8, 4) is 0 Å². The lowest BCUT2D eigenvalue weighted by atomic mass is 9.71. The van der Waals surface area contributed by atoms with Crippen LogP contribution in [-0.2, 0) is 17.6 Å². The first kappa shape index (κ1) is 16.8. The van der Waals surface area contributed by atoms with Gasteiger partial charge in [-0.3, -0.25) is 14.8 Å². The van der Waals surface area contributed by atoms with Gasteiger partial charge in [-0.05, 0) is 42.5 Å². The molecule has 1 aliphatic heterocycles. The number of hydrogen-bond acceptors (Lipinski definition) is 3. The summed E-state index contributed by atoms with van der Waals surface area (Å²) in [5.74, 6) is -1.06. The van der Waals surface area contributed by atoms with Crippen molar-refractivity contribution in [3.63, 3.8) is 0 Å². The minimum absolute atomic E-state index is 0.115. The van der Waals surface area contributed by atoms with E-state index in [0.29, 0.717) is 24.8 Å². The second kappa shape index (κ2) is 5.77. The normalized spacial score (nSPS) is 23.5. The van der Waals surface area contributed by atoms with Gasteiger partial charge in [0, 0.05) is 23.9 Å². The highest BCUT2D eigenvalue weighted by atomic mass is 19.4. The standard InChI is InChI=1S/C16H17F3N2O3/c17-16(18,19)9-21-8-15(7-13(21)22)4-3-10-5-11(14(23)20-24)1-2-12(10)6-15/h1-2,5,24H,3-4,6-9H2,(H,20,23)/t15-/m0/s1. The Morgan fingerprint density at radius 1 is 1.29 bits per heavy atom. The number of hydrogen-bond donors (Lipinski definition) is 2. The number of fused-ring (bicyclic) bond motifs is 1. The molecular formula is C16H17F3N2O3. The number of carbonyl (C=O) groups is 2. The monoisotopic (exact) mass is 342 g/mol. The van der Waals surface area contributed by atoms with Crippen LogP contribution in [0.25, 0.3) is 0 Å². The van der Waals surface area contributed by atoms with Crippen molar-refractivity contribution in [1.82, 2.24) is 10.4 Å². The third-order valence-corrected chi connectivity index (χ3v) is 4.84. The summed E-state index contributed by atoms with van der Waals surface area (Å²) < 4.78 is 37.7. The maximum atomic E-state index is 12.6. The molecule has 0 radical (unpaired) electrons. The molecule has 1 saturated heterocycles. The van der Waals surface area contributed by atoms with Gasteiger partial charge >= 0.3 is 6.18 Å². The zero-order chi connectivity index (χ0) is 17.5. The third-order valence-electron chi connectivity index (χ3n) is 4.84. The molecule has 3 rings (SSSR count). The number of carbonyl (C=O) groups excluding carboxylic acids is 2. The summed E-state index contributed by atoms with van der Waals surface area (Å²) in [5.41, 5.74) is 3.31. The third kappa shape index (κ3) is 3.24. The number of nitrogens with one attached hydrogen (secondary N) is 1. The van der Waals surface area contributed by atoms with Crippen LogP contribution in [0.15, 0.2) is 18.2 Å². The first-order chi connectivity index (χ1) is 11.2. The van der Waals surface area contributed by atoms with Crippen LogP contribution in [-0.4, -0.2) is 41.2 Å². The van der Waals surface area contributed by atoms with Crippen molar-refractivity contribution in [3.05, 3.63) is 34.9 Å². The summed E-state index contributed by atoms with van der Waals surface area (Å²) in [6.45, 7) is -1.08. The van der Waals surface area contributed by atoms with E-state index in [9.17, 15) is 22.8 Å². The van der Waals surface area contributed by atoms with E-state index in [0.717, 1.165) is 16.0 Å². The maximum absolute atomic E-state index is 12.6. The molecule has 5 nitrogen and oxygen atoms in total. The molecule has 0 bridgehead atoms. The van der Waals surface area contributed by atoms with Gasteiger partial charge in [0.25, 0.3) is 5.91 Å². The molecular weight excluding hydrogens is 325 g/mol. The van der Waals surface area contributed by atoms with Gasteiger partial charge in [-0.25, -0.2) is 5.48 Å². The Labute approximate surface area is 136 Å². The predicted molar refractivity (Wildman–Crippen MR) is 77.4 cm³/mol. The summed E-state index contributed by atoms with van der Waals surface area (Å²) in [7, 11) is 0. The van der Waals surface area contributed by atoms with Gasteiger partial charge in [-0.2, -0.15) is 13.2 Å². The molecule has 1 fully saturated rings. The minimum Gasteiger partial charge on any atom is -0.333 e. The van der Waals surface area contributed by atoms with Gasteiger partial charge in [-0.15, -0.1) is 0 Å². The van der Waals surface area contributed by atoms with Crippen LogP contribution in [0.5, 0.6) is 0 Å². The molecule has 2 N–H and O–H groups in total. The van der Waals surface area contributed by atoms with Gasteiger partial charge in [0.05, 0.1) is 0 Å². The number of halogens is 3. The number of likely N-dealkylation sites (tertiary alicyclic amines) is 1. The molecule has 1 atom stereocenters. The Hall–Kier alpha value is -2.09. The number of rotatable bonds is 2. The average Bonchev–Trinajstić information content (AvgIpc) is 2.79. The van der Waals surface area contributed by atoms with Gasteiger partial charge < -0.3 is 4.90 Å². The summed E-state index contributed by atoms with van der Waals surface area (Å²) in [6, 6.07) is 4.99. The smallest absolute Gasteiger partial charge is 0.333 e. The predicted octanol–water partition coefficient (Wildman–Crippen LogP) is 2.08. The Morgan fingerprint density at radius 3 is 2.71 bits per heavy atom. The van der Waals surface area contributed by atoms with Crippen molar-refractivity contribution in [2.45, 2.75) is 31.9 Å². The molecule has 2 aliphatic rings. The molecule has 1 aliphatic carbocycles. The number of aryl methyl sites for hydroxylation is 1. The zero-order valence-electron chi connectivity index (χ0n) is 12.8. The van der Waals surface area contributed by atoms with E-state index in [4.69, 9.17) is 5.21 Å². The van der Waals surface area contributed by atoms with E-state index in [-0.39, 0.29) is 13.0 Å². The Bertz CT molecular complexity index is 690. The second-order valence-corrected chi connectivity index (χ2v) is 6.64. The molecule has 0 saturated carbocycles. The molecule has 1 heterocycles. The Morgan fingerprint density at radius 2 is 2.04 bits per heavy atom. The van der Waals surface area contributed by atoms with Crippen LogP contribution < -0.4 is 5.48 Å². The van der Waals surface area contributed by atoms with Crippen LogP contribution >= 0.6 is 0 Å². The van der Waals surface area contributed by atoms with Crippen LogP contribution in [0.2, 0.25) is 0 Å². The molecule has 24 heavy (non-hydrogen) atoms. The highest BCUT2D eigenvalue weighted by molar-refractivity contribution is 5.93. The number of amides is 2. The van der Waals surface area contributed by atoms with E-state index in [1.54, 1.807) is 23.7 Å². The van der Waals surface area contributed by atoms with E-state index < -0.39 is 30.0 Å². The molecule has 8 heteroatoms. The zero-order valence-corrected chi connectivity index (χ0v) is 12.8. The fourth-order valence-electron chi connectivity index (χ4n) is 3.76. The summed E-state index contributed by atoms with van der Waals surface area (Å²) in [6.07, 6.45) is -2.55. The molecule has 1 aromatic rings. The van der Waals surface area contributed by atoms with Gasteiger partial charge in [0.2, 0.25) is 5.91 Å². The average molecular weight is 342 g/mol.